The van der Waals surface area contributed by atoms with Crippen molar-refractivity contribution >= 4 is 12.4 Å². The lowest BCUT2D eigenvalue weighted by Gasteiger charge is -2.25. The highest BCUT2D eigenvalue weighted by atomic mass is 16.5. The van der Waals surface area contributed by atoms with Gasteiger partial charge in [0, 0.05) is 23.6 Å². The van der Waals surface area contributed by atoms with E-state index in [0.717, 1.165) is 25.7 Å². The smallest absolute Gasteiger partial charge is 0.166 e. The van der Waals surface area contributed by atoms with Crippen molar-refractivity contribution < 1.29 is 19.7 Å². The van der Waals surface area contributed by atoms with E-state index in [0.29, 0.717) is 22.6 Å². The number of nitrogens with zero attached hydrogens (tertiary/aromatic N) is 2. The SMILES string of the molecule is COc1cccc(C=N[C@@H]2CCCC[C@H]2N=Cc2cccc(OC)c2O)c1O. The van der Waals surface area contributed by atoms with E-state index in [4.69, 9.17) is 19.5 Å². The van der Waals surface area contributed by atoms with Crippen LogP contribution in [0, 0.1) is 0 Å². The third-order valence-corrected chi connectivity index (χ3v) is 5.00. The van der Waals surface area contributed by atoms with Gasteiger partial charge in [0.25, 0.3) is 0 Å². The Kier molecular flexibility index (Phi) is 6.53. The number of aliphatic imine (C=N–C) groups is 2. The summed E-state index contributed by atoms with van der Waals surface area (Å²) >= 11 is 0. The summed E-state index contributed by atoms with van der Waals surface area (Å²) in [6.07, 6.45) is 7.46. The van der Waals surface area contributed by atoms with E-state index in [1.54, 1.807) is 36.7 Å². The first-order chi connectivity index (χ1) is 13.6. The highest BCUT2D eigenvalue weighted by Gasteiger charge is 2.23. The molecule has 1 aliphatic rings. The van der Waals surface area contributed by atoms with Crippen LogP contribution >= 0.6 is 0 Å². The average Bonchev–Trinajstić information content (AvgIpc) is 2.73. The number of methoxy groups -OCH3 is 2. The third kappa shape index (κ3) is 4.44. The zero-order valence-corrected chi connectivity index (χ0v) is 16.2. The molecule has 3 rings (SSSR count). The molecule has 28 heavy (non-hydrogen) atoms. The van der Waals surface area contributed by atoms with Crippen LogP contribution in [0.25, 0.3) is 0 Å². The number of benzene rings is 2. The van der Waals surface area contributed by atoms with Crippen LogP contribution in [0.4, 0.5) is 0 Å². The topological polar surface area (TPSA) is 83.6 Å². The van der Waals surface area contributed by atoms with Crippen molar-refractivity contribution in [3.63, 3.8) is 0 Å². The Morgan fingerprint density at radius 2 is 1.21 bits per heavy atom. The van der Waals surface area contributed by atoms with Crippen LogP contribution in [0.5, 0.6) is 23.0 Å². The van der Waals surface area contributed by atoms with Gasteiger partial charge in [-0.2, -0.15) is 0 Å². The minimum Gasteiger partial charge on any atom is -0.504 e. The molecule has 2 N–H and O–H groups in total. The number of rotatable bonds is 6. The largest absolute Gasteiger partial charge is 0.504 e. The van der Waals surface area contributed by atoms with E-state index in [2.05, 4.69) is 0 Å². The Balaban J connectivity index is 1.78. The summed E-state index contributed by atoms with van der Waals surface area (Å²) in [7, 11) is 3.05. The zero-order chi connectivity index (χ0) is 19.9. The van der Waals surface area contributed by atoms with Gasteiger partial charge in [-0.15, -0.1) is 0 Å². The first-order valence-corrected chi connectivity index (χ1v) is 9.42. The molecule has 1 saturated carbocycles. The van der Waals surface area contributed by atoms with Crippen LogP contribution in [0.3, 0.4) is 0 Å². The Hall–Kier alpha value is -3.02. The van der Waals surface area contributed by atoms with E-state index in [-0.39, 0.29) is 23.6 Å². The molecule has 0 radical (unpaired) electrons. The second-order valence-electron chi connectivity index (χ2n) is 6.77. The van der Waals surface area contributed by atoms with Crippen molar-refractivity contribution in [2.45, 2.75) is 37.8 Å². The number of hydrogen-bond donors (Lipinski definition) is 2. The number of phenolic OH excluding ortho intramolecular Hbond substituents is 2. The standard InChI is InChI=1S/C22H26N2O4/c1-27-19-11-5-7-15(21(19)25)13-23-17-9-3-4-10-18(17)24-14-16-8-6-12-20(28-2)22(16)26/h5-8,11-14,17-18,25-26H,3-4,9-10H2,1-2H3/t17-,18-/m1/s1. The second kappa shape index (κ2) is 9.26. The van der Waals surface area contributed by atoms with Gasteiger partial charge in [0.2, 0.25) is 0 Å². The van der Waals surface area contributed by atoms with Crippen molar-refractivity contribution in [3.05, 3.63) is 47.5 Å². The zero-order valence-electron chi connectivity index (χ0n) is 16.2. The van der Waals surface area contributed by atoms with Crippen LogP contribution in [0.2, 0.25) is 0 Å². The Morgan fingerprint density at radius 3 is 1.61 bits per heavy atom. The normalized spacial score (nSPS) is 19.9. The van der Waals surface area contributed by atoms with Crippen molar-refractivity contribution in [1.82, 2.24) is 0 Å². The van der Waals surface area contributed by atoms with Crippen LogP contribution in [0.1, 0.15) is 36.8 Å². The molecule has 1 fully saturated rings. The second-order valence-corrected chi connectivity index (χ2v) is 6.77. The van der Waals surface area contributed by atoms with Gasteiger partial charge in [-0.25, -0.2) is 0 Å². The fraction of sp³-hybridized carbons (Fsp3) is 0.364. The molecule has 1 aliphatic carbocycles. The molecule has 2 aromatic rings. The fourth-order valence-electron chi connectivity index (χ4n) is 3.41. The van der Waals surface area contributed by atoms with Crippen molar-refractivity contribution in [3.8, 4) is 23.0 Å². The molecule has 148 valence electrons. The van der Waals surface area contributed by atoms with Gasteiger partial charge >= 0.3 is 0 Å². The van der Waals surface area contributed by atoms with Gasteiger partial charge in [-0.1, -0.05) is 25.0 Å². The molecular weight excluding hydrogens is 356 g/mol. The fourth-order valence-corrected chi connectivity index (χ4v) is 3.41. The summed E-state index contributed by atoms with van der Waals surface area (Å²) in [4.78, 5) is 9.40. The first-order valence-electron chi connectivity index (χ1n) is 9.42. The molecule has 6 heteroatoms. The van der Waals surface area contributed by atoms with Gasteiger partial charge < -0.3 is 19.7 Å². The minimum atomic E-state index is 0.0309. The van der Waals surface area contributed by atoms with Gasteiger partial charge in [-0.3, -0.25) is 9.98 Å². The summed E-state index contributed by atoms with van der Waals surface area (Å²) < 4.78 is 10.3. The third-order valence-electron chi connectivity index (χ3n) is 5.00. The van der Waals surface area contributed by atoms with Crippen LogP contribution < -0.4 is 9.47 Å². The summed E-state index contributed by atoms with van der Waals surface area (Å²) in [6.45, 7) is 0. The molecule has 0 aromatic heterocycles. The monoisotopic (exact) mass is 382 g/mol. The van der Waals surface area contributed by atoms with Gasteiger partial charge in [0.05, 0.1) is 26.3 Å². The average molecular weight is 382 g/mol. The molecule has 6 nitrogen and oxygen atoms in total. The Bertz CT molecular complexity index is 792. The van der Waals surface area contributed by atoms with Crippen molar-refractivity contribution in [2.24, 2.45) is 9.98 Å². The maximum atomic E-state index is 10.2. The van der Waals surface area contributed by atoms with E-state index in [1.165, 1.54) is 14.2 Å². The summed E-state index contributed by atoms with van der Waals surface area (Å²) in [5, 5.41) is 20.5. The maximum absolute atomic E-state index is 10.2. The molecule has 2 aromatic carbocycles. The number of para-hydroxylation sites is 2. The summed E-state index contributed by atoms with van der Waals surface area (Å²) in [5.41, 5.74) is 1.25. The number of phenols is 2. The number of hydrogen-bond acceptors (Lipinski definition) is 6. The highest BCUT2D eigenvalue weighted by molar-refractivity contribution is 5.86. The molecule has 0 unspecified atom stereocenters. The highest BCUT2D eigenvalue weighted by Crippen LogP contribution is 2.30. The summed E-state index contributed by atoms with van der Waals surface area (Å²) in [5.74, 6) is 1.03. The molecule has 0 heterocycles. The van der Waals surface area contributed by atoms with Crippen LogP contribution in [-0.4, -0.2) is 48.9 Å². The van der Waals surface area contributed by atoms with E-state index in [9.17, 15) is 10.2 Å². The number of aromatic hydroxyl groups is 2. The Labute approximate surface area is 165 Å². The van der Waals surface area contributed by atoms with E-state index >= 15 is 0 Å². The molecule has 0 saturated heterocycles. The van der Waals surface area contributed by atoms with E-state index in [1.807, 2.05) is 12.1 Å². The Morgan fingerprint density at radius 1 is 0.786 bits per heavy atom. The molecule has 2 atom stereocenters. The quantitative estimate of drug-likeness (QED) is 0.741. The number of ether oxygens (including phenoxy) is 2. The maximum Gasteiger partial charge on any atom is 0.166 e. The molecule has 0 aliphatic heterocycles. The van der Waals surface area contributed by atoms with E-state index < -0.39 is 0 Å². The minimum absolute atomic E-state index is 0.0309. The van der Waals surface area contributed by atoms with Crippen molar-refractivity contribution in [1.29, 1.82) is 0 Å². The van der Waals surface area contributed by atoms with Crippen LogP contribution in [-0.2, 0) is 0 Å². The molecule has 0 amide bonds. The lowest BCUT2D eigenvalue weighted by molar-refractivity contribution is 0.372. The molecule has 0 spiro atoms. The van der Waals surface area contributed by atoms with Gasteiger partial charge in [-0.05, 0) is 37.1 Å². The summed E-state index contributed by atoms with van der Waals surface area (Å²) in [6, 6.07) is 10.7. The first kappa shape index (κ1) is 19.7. The van der Waals surface area contributed by atoms with Gasteiger partial charge in [0.15, 0.2) is 23.0 Å². The lowest BCUT2D eigenvalue weighted by atomic mass is 9.91. The van der Waals surface area contributed by atoms with Crippen molar-refractivity contribution in [2.75, 3.05) is 14.2 Å². The molecular formula is C22H26N2O4. The predicted octanol–water partition coefficient (Wildman–Crippen LogP) is 3.96. The van der Waals surface area contributed by atoms with Crippen LogP contribution in [0.15, 0.2) is 46.4 Å². The predicted molar refractivity (Wildman–Crippen MR) is 111 cm³/mol. The lowest BCUT2D eigenvalue weighted by Crippen LogP contribution is -2.27. The van der Waals surface area contributed by atoms with Gasteiger partial charge in [0.1, 0.15) is 0 Å². The molecule has 0 bridgehead atoms.